The van der Waals surface area contributed by atoms with Gasteiger partial charge in [0.2, 0.25) is 15.9 Å². The van der Waals surface area contributed by atoms with Crippen molar-refractivity contribution in [2.75, 3.05) is 13.1 Å². The molecule has 1 aliphatic heterocycles. The fourth-order valence-corrected chi connectivity index (χ4v) is 7.03. The molecule has 2 aliphatic rings. The van der Waals surface area contributed by atoms with Gasteiger partial charge in [-0.25, -0.2) is 8.42 Å². The molecule has 1 saturated heterocycles. The maximum Gasteiger partial charge on any atom is 0.416 e. The van der Waals surface area contributed by atoms with E-state index < -0.39 is 55.5 Å². The predicted molar refractivity (Wildman–Crippen MR) is 145 cm³/mol. The van der Waals surface area contributed by atoms with E-state index in [-0.39, 0.29) is 55.3 Å². The Balaban J connectivity index is 1.74. The number of piperidine rings is 1. The Hall–Kier alpha value is -2.68. The smallest absolute Gasteiger partial charge is 0.353 e. The zero-order chi connectivity index (χ0) is 31.6. The van der Waals surface area contributed by atoms with Crippen molar-refractivity contribution in [1.82, 2.24) is 14.9 Å². The van der Waals surface area contributed by atoms with Gasteiger partial charge in [-0.15, -0.1) is 0 Å². The number of sulfonamides is 1. The van der Waals surface area contributed by atoms with E-state index in [0.29, 0.717) is 12.1 Å². The van der Waals surface area contributed by atoms with Crippen LogP contribution in [0, 0.1) is 5.92 Å². The summed E-state index contributed by atoms with van der Waals surface area (Å²) in [6.07, 6.45) is -5.62. The van der Waals surface area contributed by atoms with Gasteiger partial charge >= 0.3 is 12.4 Å². The summed E-state index contributed by atoms with van der Waals surface area (Å²) in [6, 6.07) is 5.18. The third-order valence-electron chi connectivity index (χ3n) is 7.93. The monoisotopic (exact) mass is 653 g/mol. The van der Waals surface area contributed by atoms with Gasteiger partial charge in [0.1, 0.15) is 0 Å². The van der Waals surface area contributed by atoms with E-state index in [9.17, 15) is 44.3 Å². The topological polar surface area (TPSA) is 95.6 Å². The normalized spacial score (nSPS) is 19.5. The van der Waals surface area contributed by atoms with Gasteiger partial charge in [-0.05, 0) is 73.7 Å². The summed E-state index contributed by atoms with van der Waals surface area (Å²) < 4.78 is 112. The number of halogens is 7. The summed E-state index contributed by atoms with van der Waals surface area (Å²) in [6.45, 7) is -0.357. The molecule has 1 saturated carbocycles. The number of hydrogen-bond donors (Lipinski definition) is 2. The van der Waals surface area contributed by atoms with Crippen LogP contribution in [0.5, 0.6) is 0 Å². The first kappa shape index (κ1) is 33.2. The fraction of sp³-hybridized carbons (Fsp3) is 0.500. The lowest BCUT2D eigenvalue weighted by Crippen LogP contribution is -2.61. The number of hydrogen-bond acceptors (Lipinski definition) is 5. The third-order valence-corrected chi connectivity index (χ3v) is 9.65. The minimum atomic E-state index is -5.25. The predicted octanol–water partition coefficient (Wildman–Crippen LogP) is 5.87. The Labute approximate surface area is 250 Å². The maximum absolute atomic E-state index is 13.8. The lowest BCUT2D eigenvalue weighted by molar-refractivity contribution is -0.144. The molecule has 2 aromatic rings. The molecule has 1 heterocycles. The van der Waals surface area contributed by atoms with Crippen LogP contribution in [0.15, 0.2) is 47.4 Å². The number of alkyl halides is 6. The summed E-state index contributed by atoms with van der Waals surface area (Å²) in [5, 5.41) is 3.17. The Kier molecular flexibility index (Phi) is 9.84. The fourth-order valence-electron chi connectivity index (χ4n) is 5.59. The number of carbonyl (C=O) groups is 2. The summed E-state index contributed by atoms with van der Waals surface area (Å²) in [7, 11) is -4.71. The van der Waals surface area contributed by atoms with Crippen molar-refractivity contribution in [3.63, 3.8) is 0 Å². The zero-order valence-electron chi connectivity index (χ0n) is 22.8. The molecule has 2 N–H and O–H groups in total. The van der Waals surface area contributed by atoms with E-state index in [1.54, 1.807) is 0 Å². The molecule has 7 nitrogen and oxygen atoms in total. The van der Waals surface area contributed by atoms with Crippen molar-refractivity contribution in [2.24, 2.45) is 5.92 Å². The quantitative estimate of drug-likeness (QED) is 0.275. The molecule has 236 valence electrons. The lowest BCUT2D eigenvalue weighted by Gasteiger charge is -2.44. The van der Waals surface area contributed by atoms with E-state index in [0.717, 1.165) is 49.1 Å². The van der Waals surface area contributed by atoms with Crippen LogP contribution in [-0.2, 0) is 37.6 Å². The van der Waals surface area contributed by atoms with Crippen molar-refractivity contribution >= 4 is 33.8 Å². The second kappa shape index (κ2) is 12.7. The molecule has 1 atom stereocenters. The largest absolute Gasteiger partial charge is 0.416 e. The van der Waals surface area contributed by atoms with Crippen LogP contribution in [-0.4, -0.2) is 44.6 Å². The van der Waals surface area contributed by atoms with E-state index in [1.165, 1.54) is 12.1 Å². The van der Waals surface area contributed by atoms with Gasteiger partial charge < -0.3 is 5.32 Å². The number of carbonyl (C=O) groups excluding carboxylic acids is 2. The van der Waals surface area contributed by atoms with Crippen molar-refractivity contribution in [1.29, 1.82) is 0 Å². The van der Waals surface area contributed by atoms with Crippen LogP contribution in [0.2, 0.25) is 5.02 Å². The van der Waals surface area contributed by atoms with Crippen molar-refractivity contribution in [2.45, 2.75) is 73.9 Å². The number of benzene rings is 2. The molecular formula is C28H30ClF6N3O4S. The number of nitrogens with one attached hydrogen (secondary N) is 2. The standard InChI is InChI=1S/C28H30ClF6N3O4S/c29-22-6-8-24(9-7-22)43(41,42)37-26(17-39,19-14-20(27(30,31)32)16-21(15-19)28(33,34)35)38-12-10-18(11-13-38)25(40)36-23-4-2-1-3-5-23/h6-9,14-18,23,37H,1-5,10-13H2,(H,36,40)/t26-/m0/s1. The first-order valence-electron chi connectivity index (χ1n) is 13.7. The first-order valence-corrected chi connectivity index (χ1v) is 15.5. The van der Waals surface area contributed by atoms with Crippen molar-refractivity contribution in [3.8, 4) is 0 Å². The maximum atomic E-state index is 13.8. The van der Waals surface area contributed by atoms with Crippen LogP contribution in [0.25, 0.3) is 0 Å². The highest BCUT2D eigenvalue weighted by Gasteiger charge is 2.47. The minimum absolute atomic E-state index is 0.0153. The highest BCUT2D eigenvalue weighted by atomic mass is 35.5. The summed E-state index contributed by atoms with van der Waals surface area (Å²) in [5.41, 5.74) is -6.97. The van der Waals surface area contributed by atoms with Gasteiger partial charge in [-0.1, -0.05) is 30.9 Å². The molecule has 15 heteroatoms. The molecule has 0 spiro atoms. The highest BCUT2D eigenvalue weighted by molar-refractivity contribution is 7.89. The molecule has 1 amide bonds. The molecule has 43 heavy (non-hydrogen) atoms. The van der Waals surface area contributed by atoms with Crippen molar-refractivity contribution in [3.05, 3.63) is 64.2 Å². The Morgan fingerprint density at radius 3 is 1.84 bits per heavy atom. The minimum Gasteiger partial charge on any atom is -0.353 e. The van der Waals surface area contributed by atoms with Gasteiger partial charge in [0.15, 0.2) is 11.9 Å². The van der Waals surface area contributed by atoms with Gasteiger partial charge in [0, 0.05) is 30.1 Å². The van der Waals surface area contributed by atoms with Gasteiger partial charge in [-0.2, -0.15) is 31.1 Å². The SMILES string of the molecule is O=C[C@@](NS(=O)(=O)c1ccc(Cl)cc1)(c1cc(C(F)(F)F)cc(C(F)(F)F)c1)N1CCC(C(=O)NC2CCCCC2)CC1. The van der Waals surface area contributed by atoms with E-state index in [1.807, 2.05) is 0 Å². The summed E-state index contributed by atoms with van der Waals surface area (Å²) in [4.78, 5) is 26.5. The lowest BCUT2D eigenvalue weighted by atomic mass is 9.89. The van der Waals surface area contributed by atoms with E-state index >= 15 is 0 Å². The molecule has 0 radical (unpaired) electrons. The molecule has 0 unspecified atom stereocenters. The second-order valence-electron chi connectivity index (χ2n) is 10.8. The molecular weight excluding hydrogens is 624 g/mol. The number of rotatable bonds is 8. The van der Waals surface area contributed by atoms with Crippen LogP contribution in [0.3, 0.4) is 0 Å². The molecule has 4 rings (SSSR count). The zero-order valence-corrected chi connectivity index (χ0v) is 24.3. The first-order chi connectivity index (χ1) is 20.0. The summed E-state index contributed by atoms with van der Waals surface area (Å²) in [5.74, 6) is -0.772. The third kappa shape index (κ3) is 7.70. The molecule has 0 bridgehead atoms. The van der Waals surface area contributed by atoms with Crippen LogP contribution in [0.1, 0.15) is 61.6 Å². The highest BCUT2D eigenvalue weighted by Crippen LogP contribution is 2.40. The van der Waals surface area contributed by atoms with Crippen LogP contribution >= 0.6 is 11.6 Å². The molecule has 0 aromatic heterocycles. The second-order valence-corrected chi connectivity index (χ2v) is 13.0. The number of amides is 1. The van der Waals surface area contributed by atoms with Gasteiger partial charge in [0.05, 0.1) is 16.0 Å². The number of aldehydes is 1. The number of likely N-dealkylation sites (tertiary alicyclic amines) is 1. The van der Waals surface area contributed by atoms with E-state index in [4.69, 9.17) is 11.6 Å². The van der Waals surface area contributed by atoms with Crippen LogP contribution < -0.4 is 10.0 Å². The molecule has 1 aliphatic carbocycles. The van der Waals surface area contributed by atoms with Crippen molar-refractivity contribution < 1.29 is 44.3 Å². The Morgan fingerprint density at radius 1 is 0.837 bits per heavy atom. The molecule has 2 fully saturated rings. The van der Waals surface area contributed by atoms with Gasteiger partial charge in [0.25, 0.3) is 0 Å². The summed E-state index contributed by atoms with van der Waals surface area (Å²) >= 11 is 5.84. The average Bonchev–Trinajstić information content (AvgIpc) is 2.95. The molecule has 2 aromatic carbocycles. The number of nitrogens with zero attached hydrogens (tertiary/aromatic N) is 1. The Morgan fingerprint density at radius 2 is 1.35 bits per heavy atom. The van der Waals surface area contributed by atoms with E-state index in [2.05, 4.69) is 10.0 Å². The Bertz CT molecular complexity index is 1390. The van der Waals surface area contributed by atoms with Crippen LogP contribution in [0.4, 0.5) is 26.3 Å². The van der Waals surface area contributed by atoms with Gasteiger partial charge in [-0.3, -0.25) is 14.5 Å². The average molecular weight is 654 g/mol.